The van der Waals surface area contributed by atoms with Crippen LogP contribution in [-0.4, -0.2) is 32.0 Å². The fraction of sp³-hybridized carbons (Fsp3) is 0.300. The van der Waals surface area contributed by atoms with Crippen LogP contribution in [0.5, 0.6) is 0 Å². The van der Waals surface area contributed by atoms with Crippen molar-refractivity contribution in [2.45, 2.75) is 19.9 Å². The van der Waals surface area contributed by atoms with E-state index in [0.717, 1.165) is 29.5 Å². The second kappa shape index (κ2) is 10.5. The van der Waals surface area contributed by atoms with E-state index in [-0.39, 0.29) is 5.91 Å². The fourth-order valence-corrected chi connectivity index (χ4v) is 2.72. The van der Waals surface area contributed by atoms with E-state index in [2.05, 4.69) is 27.0 Å². The summed E-state index contributed by atoms with van der Waals surface area (Å²) in [6, 6.07) is 15.4. The van der Waals surface area contributed by atoms with Gasteiger partial charge in [-0.25, -0.2) is 0 Å². The highest BCUT2D eigenvalue weighted by Crippen LogP contribution is 2.10. The molecule has 0 unspecified atom stereocenters. The number of halogens is 1. The van der Waals surface area contributed by atoms with Crippen LogP contribution in [0.25, 0.3) is 0 Å². The Kier molecular flexibility index (Phi) is 7.96. The van der Waals surface area contributed by atoms with Gasteiger partial charge in [-0.15, -0.1) is 0 Å². The van der Waals surface area contributed by atoms with Gasteiger partial charge in [-0.3, -0.25) is 9.79 Å². The average molecular weight is 373 g/mol. The van der Waals surface area contributed by atoms with Crippen LogP contribution in [0.1, 0.15) is 28.4 Å². The standard InChI is InChI=1S/C20H25ClN4O/c1-3-23-19(26)17-8-4-7-16(12-17)14-25-20(22-2)24-11-10-15-6-5-9-18(21)13-15/h4-9,12-13H,3,10-11,14H2,1-2H3,(H,23,26)(H2,22,24,25). The zero-order valence-corrected chi connectivity index (χ0v) is 15.9. The molecule has 0 fully saturated rings. The maximum absolute atomic E-state index is 11.9. The van der Waals surface area contributed by atoms with Crippen LogP contribution in [0.4, 0.5) is 0 Å². The molecule has 3 N–H and O–H groups in total. The number of nitrogens with zero attached hydrogens (tertiary/aromatic N) is 1. The van der Waals surface area contributed by atoms with Gasteiger partial charge in [0.15, 0.2) is 5.96 Å². The Labute approximate surface area is 159 Å². The third kappa shape index (κ3) is 6.41. The summed E-state index contributed by atoms with van der Waals surface area (Å²) in [4.78, 5) is 16.1. The van der Waals surface area contributed by atoms with Gasteiger partial charge < -0.3 is 16.0 Å². The lowest BCUT2D eigenvalue weighted by Crippen LogP contribution is -2.37. The summed E-state index contributed by atoms with van der Waals surface area (Å²) in [6.07, 6.45) is 0.855. The molecule has 0 saturated carbocycles. The first-order valence-corrected chi connectivity index (χ1v) is 9.06. The number of rotatable bonds is 7. The van der Waals surface area contributed by atoms with E-state index < -0.39 is 0 Å². The minimum Gasteiger partial charge on any atom is -0.356 e. The molecule has 0 spiro atoms. The van der Waals surface area contributed by atoms with Gasteiger partial charge in [0.2, 0.25) is 0 Å². The SMILES string of the molecule is CCNC(=O)c1cccc(CNC(=NC)NCCc2cccc(Cl)c2)c1. The lowest BCUT2D eigenvalue weighted by molar-refractivity contribution is 0.0955. The number of nitrogens with one attached hydrogen (secondary N) is 3. The number of hydrogen-bond acceptors (Lipinski definition) is 2. The summed E-state index contributed by atoms with van der Waals surface area (Å²) >= 11 is 6.00. The molecule has 2 aromatic carbocycles. The lowest BCUT2D eigenvalue weighted by Gasteiger charge is -2.12. The van der Waals surface area contributed by atoms with Crippen molar-refractivity contribution in [1.29, 1.82) is 0 Å². The highest BCUT2D eigenvalue weighted by atomic mass is 35.5. The van der Waals surface area contributed by atoms with Gasteiger partial charge in [-0.1, -0.05) is 35.9 Å². The Bertz CT molecular complexity index is 761. The Morgan fingerprint density at radius 2 is 1.81 bits per heavy atom. The van der Waals surface area contributed by atoms with E-state index in [9.17, 15) is 4.79 Å². The van der Waals surface area contributed by atoms with Crippen LogP contribution >= 0.6 is 11.6 Å². The predicted molar refractivity (Wildman–Crippen MR) is 108 cm³/mol. The first-order valence-electron chi connectivity index (χ1n) is 8.68. The molecule has 0 bridgehead atoms. The number of benzene rings is 2. The second-order valence-electron chi connectivity index (χ2n) is 5.79. The molecule has 2 aromatic rings. The molecule has 2 rings (SSSR count). The van der Waals surface area contributed by atoms with Crippen molar-refractivity contribution in [2.75, 3.05) is 20.1 Å². The molecule has 0 radical (unpaired) electrons. The molecule has 0 heterocycles. The molecule has 0 aliphatic carbocycles. The molecule has 0 aromatic heterocycles. The molecule has 0 aliphatic heterocycles. The molecular weight excluding hydrogens is 348 g/mol. The number of carbonyl (C=O) groups excluding carboxylic acids is 1. The number of carbonyl (C=O) groups is 1. The predicted octanol–water partition coefficient (Wildman–Crippen LogP) is 3.00. The maximum Gasteiger partial charge on any atom is 0.251 e. The zero-order valence-electron chi connectivity index (χ0n) is 15.2. The van der Waals surface area contributed by atoms with Gasteiger partial charge in [0, 0.05) is 37.3 Å². The van der Waals surface area contributed by atoms with Crippen LogP contribution in [0, 0.1) is 0 Å². The van der Waals surface area contributed by atoms with Crippen LogP contribution in [-0.2, 0) is 13.0 Å². The molecule has 6 heteroatoms. The Hall–Kier alpha value is -2.53. The van der Waals surface area contributed by atoms with Crippen LogP contribution in [0.15, 0.2) is 53.5 Å². The number of aliphatic imine (C=N–C) groups is 1. The van der Waals surface area contributed by atoms with E-state index in [1.807, 2.05) is 49.4 Å². The summed E-state index contributed by atoms with van der Waals surface area (Å²) < 4.78 is 0. The number of amides is 1. The van der Waals surface area contributed by atoms with Gasteiger partial charge in [0.1, 0.15) is 0 Å². The topological polar surface area (TPSA) is 65.5 Å². The summed E-state index contributed by atoms with van der Waals surface area (Å²) in [5.41, 5.74) is 2.86. The average Bonchev–Trinajstić information content (AvgIpc) is 2.65. The normalized spacial score (nSPS) is 11.1. The molecule has 1 amide bonds. The van der Waals surface area contributed by atoms with Gasteiger partial charge >= 0.3 is 0 Å². The first-order chi connectivity index (χ1) is 12.6. The van der Waals surface area contributed by atoms with Crippen LogP contribution in [0.3, 0.4) is 0 Å². The molecule has 5 nitrogen and oxygen atoms in total. The van der Waals surface area contributed by atoms with Crippen molar-refractivity contribution in [1.82, 2.24) is 16.0 Å². The van der Waals surface area contributed by atoms with Crippen molar-refractivity contribution in [3.05, 3.63) is 70.2 Å². The van der Waals surface area contributed by atoms with Crippen molar-refractivity contribution in [3.8, 4) is 0 Å². The lowest BCUT2D eigenvalue weighted by atomic mass is 10.1. The molecule has 0 saturated heterocycles. The fourth-order valence-electron chi connectivity index (χ4n) is 2.51. The molecular formula is C20H25ClN4O. The minimum atomic E-state index is -0.0571. The third-order valence-corrected chi connectivity index (χ3v) is 4.04. The first kappa shape index (κ1) is 19.8. The van der Waals surface area contributed by atoms with Crippen LogP contribution in [0.2, 0.25) is 5.02 Å². The monoisotopic (exact) mass is 372 g/mol. The van der Waals surface area contributed by atoms with E-state index in [1.54, 1.807) is 7.05 Å². The third-order valence-electron chi connectivity index (χ3n) is 3.81. The molecule has 0 atom stereocenters. The quantitative estimate of drug-likeness (QED) is 0.517. The van der Waals surface area contributed by atoms with Crippen molar-refractivity contribution in [2.24, 2.45) is 4.99 Å². The highest BCUT2D eigenvalue weighted by Gasteiger charge is 2.05. The van der Waals surface area contributed by atoms with Gasteiger partial charge in [-0.2, -0.15) is 0 Å². The summed E-state index contributed by atoms with van der Waals surface area (Å²) in [5, 5.41) is 10.1. The van der Waals surface area contributed by atoms with E-state index in [0.29, 0.717) is 18.7 Å². The smallest absolute Gasteiger partial charge is 0.251 e. The highest BCUT2D eigenvalue weighted by molar-refractivity contribution is 6.30. The zero-order chi connectivity index (χ0) is 18.8. The molecule has 138 valence electrons. The molecule has 0 aliphatic rings. The maximum atomic E-state index is 11.9. The van der Waals surface area contributed by atoms with E-state index in [4.69, 9.17) is 11.6 Å². The summed E-state index contributed by atoms with van der Waals surface area (Å²) in [7, 11) is 1.74. The minimum absolute atomic E-state index is 0.0571. The van der Waals surface area contributed by atoms with E-state index >= 15 is 0 Å². The molecule has 26 heavy (non-hydrogen) atoms. The van der Waals surface area contributed by atoms with Gasteiger partial charge in [0.25, 0.3) is 5.91 Å². The Morgan fingerprint density at radius 1 is 1.04 bits per heavy atom. The van der Waals surface area contributed by atoms with Crippen molar-refractivity contribution < 1.29 is 4.79 Å². The van der Waals surface area contributed by atoms with E-state index in [1.165, 1.54) is 5.56 Å². The summed E-state index contributed by atoms with van der Waals surface area (Å²) in [5.74, 6) is 0.661. The Morgan fingerprint density at radius 3 is 2.54 bits per heavy atom. The largest absolute Gasteiger partial charge is 0.356 e. The van der Waals surface area contributed by atoms with Crippen molar-refractivity contribution >= 4 is 23.5 Å². The van der Waals surface area contributed by atoms with Crippen LogP contribution < -0.4 is 16.0 Å². The number of guanidine groups is 1. The summed E-state index contributed by atoms with van der Waals surface area (Å²) in [6.45, 7) is 3.86. The van der Waals surface area contributed by atoms with Gasteiger partial charge in [-0.05, 0) is 48.7 Å². The Balaban J connectivity index is 1.83. The van der Waals surface area contributed by atoms with Gasteiger partial charge in [0.05, 0.1) is 0 Å². The van der Waals surface area contributed by atoms with Crippen molar-refractivity contribution in [3.63, 3.8) is 0 Å². The second-order valence-corrected chi connectivity index (χ2v) is 6.23. The number of hydrogen-bond donors (Lipinski definition) is 3.